The smallest absolute Gasteiger partial charge is 0.117 e. The van der Waals surface area contributed by atoms with Gasteiger partial charge < -0.3 is 0 Å². The van der Waals surface area contributed by atoms with Gasteiger partial charge in [-0.25, -0.2) is 0 Å². The summed E-state index contributed by atoms with van der Waals surface area (Å²) in [4.78, 5) is 8.14. The van der Waals surface area contributed by atoms with E-state index in [0.717, 1.165) is 11.3 Å². The lowest BCUT2D eigenvalue weighted by Crippen LogP contribution is -2.09. The molecule has 0 saturated carbocycles. The van der Waals surface area contributed by atoms with E-state index < -0.39 is 0 Å². The summed E-state index contributed by atoms with van der Waals surface area (Å²) in [5, 5.41) is 7.24. The van der Waals surface area contributed by atoms with Gasteiger partial charge in [0.15, 0.2) is 0 Å². The summed E-state index contributed by atoms with van der Waals surface area (Å²) in [6.07, 6.45) is 3.44. The molecule has 0 aliphatic carbocycles. The minimum atomic E-state index is 0.368. The molecule has 1 aliphatic heterocycles. The van der Waals surface area contributed by atoms with Crippen LogP contribution in [0.3, 0.4) is 0 Å². The lowest BCUT2D eigenvalue weighted by atomic mass is 10.1. The van der Waals surface area contributed by atoms with E-state index in [1.54, 1.807) is 12.4 Å². The average molecular weight is 169 g/mol. The Kier molecular flexibility index (Phi) is 1.89. The molecule has 0 fully saturated rings. The lowest BCUT2D eigenvalue weighted by molar-refractivity contribution is 1.26. The molecule has 0 bridgehead atoms. The molecular weight excluding hydrogens is 162 g/mol. The number of rotatable bonds is 1. The normalized spacial score (nSPS) is 14.5. The fourth-order valence-corrected chi connectivity index (χ4v) is 1.04. The predicted molar refractivity (Wildman–Crippen MR) is 51.1 cm³/mol. The van der Waals surface area contributed by atoms with E-state index in [-0.39, 0.29) is 0 Å². The van der Waals surface area contributed by atoms with Gasteiger partial charge in [0, 0.05) is 18.0 Å². The Morgan fingerprint density at radius 2 is 2.31 bits per heavy atom. The van der Waals surface area contributed by atoms with Gasteiger partial charge in [0.25, 0.3) is 0 Å². The second-order valence-electron chi connectivity index (χ2n) is 2.64. The molecule has 1 N–H and O–H groups in total. The van der Waals surface area contributed by atoms with Gasteiger partial charge in [-0.05, 0) is 24.0 Å². The molecule has 0 amide bonds. The second-order valence-corrected chi connectivity index (χ2v) is 2.64. The highest BCUT2D eigenvalue weighted by Crippen LogP contribution is 2.00. The number of nitrogens with zero attached hydrogens (tertiary/aromatic N) is 2. The van der Waals surface area contributed by atoms with E-state index in [1.807, 2.05) is 12.1 Å². The molecule has 0 radical (unpaired) electrons. The first-order chi connectivity index (χ1) is 6.36. The summed E-state index contributed by atoms with van der Waals surface area (Å²) < 4.78 is 0. The summed E-state index contributed by atoms with van der Waals surface area (Å²) in [7, 11) is 0. The molecule has 1 aromatic heterocycles. The van der Waals surface area contributed by atoms with Crippen molar-refractivity contribution >= 4 is 11.4 Å². The monoisotopic (exact) mass is 169 g/mol. The molecule has 3 nitrogen and oxygen atoms in total. The maximum absolute atomic E-state index is 7.24. The first kappa shape index (κ1) is 7.69. The molecule has 2 heterocycles. The Morgan fingerprint density at radius 3 is 2.92 bits per heavy atom. The molecule has 13 heavy (non-hydrogen) atoms. The quantitative estimate of drug-likeness (QED) is 0.624. The van der Waals surface area contributed by atoms with Crippen LogP contribution in [-0.4, -0.2) is 23.0 Å². The molecule has 0 spiro atoms. The van der Waals surface area contributed by atoms with Gasteiger partial charge in [-0.1, -0.05) is 0 Å². The van der Waals surface area contributed by atoms with Crippen LogP contribution in [0, 0.1) is 17.3 Å². The Labute approximate surface area is 76.0 Å². The molecule has 1 aromatic rings. The van der Waals surface area contributed by atoms with Crippen LogP contribution < -0.4 is 0 Å². The zero-order chi connectivity index (χ0) is 9.10. The van der Waals surface area contributed by atoms with Crippen molar-refractivity contribution < 1.29 is 0 Å². The second kappa shape index (κ2) is 3.20. The van der Waals surface area contributed by atoms with Gasteiger partial charge in [-0.3, -0.25) is 15.4 Å². The molecular formula is C10H7N3. The van der Waals surface area contributed by atoms with Crippen molar-refractivity contribution in [2.24, 2.45) is 4.99 Å². The van der Waals surface area contributed by atoms with E-state index in [2.05, 4.69) is 21.8 Å². The molecule has 3 heteroatoms. The molecule has 0 saturated heterocycles. The Balaban J connectivity index is 2.35. The fourth-order valence-electron chi connectivity index (χ4n) is 1.04. The first-order valence-electron chi connectivity index (χ1n) is 3.90. The Hall–Kier alpha value is -1.95. The van der Waals surface area contributed by atoms with Crippen molar-refractivity contribution in [3.8, 4) is 11.8 Å². The fraction of sp³-hybridized carbons (Fsp3) is 0.100. The Bertz CT molecular complexity index is 420. The number of hydrogen-bond acceptors (Lipinski definition) is 3. The summed E-state index contributed by atoms with van der Waals surface area (Å²) >= 11 is 0. The largest absolute Gasteiger partial charge is 0.294 e. The lowest BCUT2D eigenvalue weighted by Gasteiger charge is -2.01. The van der Waals surface area contributed by atoms with E-state index in [9.17, 15) is 0 Å². The van der Waals surface area contributed by atoms with Gasteiger partial charge >= 0.3 is 0 Å². The van der Waals surface area contributed by atoms with Crippen LogP contribution in [0.2, 0.25) is 0 Å². The van der Waals surface area contributed by atoms with Crippen LogP contribution in [-0.2, 0) is 0 Å². The predicted octanol–water partition coefficient (Wildman–Crippen LogP) is 0.907. The number of aliphatic imine (C=N–C) groups is 1. The van der Waals surface area contributed by atoms with Crippen molar-refractivity contribution in [3.63, 3.8) is 0 Å². The number of hydrogen-bond donors (Lipinski definition) is 1. The number of aromatic nitrogens is 1. The number of pyridine rings is 1. The van der Waals surface area contributed by atoms with Crippen molar-refractivity contribution in [2.75, 3.05) is 6.54 Å². The van der Waals surface area contributed by atoms with Gasteiger partial charge in [-0.2, -0.15) is 0 Å². The highest BCUT2D eigenvalue weighted by Gasteiger charge is 2.03. The standard InChI is InChI=1S/C10H7N3/c11-9-3-4-10(13-7-9)8-2-1-5-12-6-8/h1-2,5-6,11H,7H2. The minimum absolute atomic E-state index is 0.368. The Morgan fingerprint density at radius 1 is 1.38 bits per heavy atom. The summed E-state index contributed by atoms with van der Waals surface area (Å²) in [6, 6.07) is 3.76. The van der Waals surface area contributed by atoms with E-state index in [1.165, 1.54) is 0 Å². The van der Waals surface area contributed by atoms with Crippen LogP contribution in [0.25, 0.3) is 0 Å². The summed E-state index contributed by atoms with van der Waals surface area (Å²) in [5.74, 6) is 5.53. The van der Waals surface area contributed by atoms with E-state index in [0.29, 0.717) is 12.3 Å². The van der Waals surface area contributed by atoms with Crippen molar-refractivity contribution in [1.29, 1.82) is 5.41 Å². The molecule has 0 unspecified atom stereocenters. The molecule has 2 rings (SSSR count). The highest BCUT2D eigenvalue weighted by atomic mass is 14.8. The van der Waals surface area contributed by atoms with Crippen LogP contribution in [0.4, 0.5) is 0 Å². The van der Waals surface area contributed by atoms with Crippen LogP contribution in [0.15, 0.2) is 29.5 Å². The topological polar surface area (TPSA) is 49.1 Å². The maximum Gasteiger partial charge on any atom is 0.117 e. The van der Waals surface area contributed by atoms with Crippen molar-refractivity contribution in [3.05, 3.63) is 30.1 Å². The molecule has 1 aliphatic rings. The highest BCUT2D eigenvalue weighted by molar-refractivity contribution is 6.19. The van der Waals surface area contributed by atoms with Crippen LogP contribution in [0.1, 0.15) is 5.56 Å². The zero-order valence-corrected chi connectivity index (χ0v) is 6.91. The SMILES string of the molecule is N=C1C#CC(c2cccnc2)=NC1. The minimum Gasteiger partial charge on any atom is -0.294 e. The third kappa shape index (κ3) is 1.62. The summed E-state index contributed by atoms with van der Waals surface area (Å²) in [6.45, 7) is 0.386. The third-order valence-electron chi connectivity index (χ3n) is 1.66. The van der Waals surface area contributed by atoms with E-state index in [4.69, 9.17) is 5.41 Å². The molecule has 0 atom stereocenters. The third-order valence-corrected chi connectivity index (χ3v) is 1.66. The van der Waals surface area contributed by atoms with Gasteiger partial charge in [0.2, 0.25) is 0 Å². The molecule has 0 aromatic carbocycles. The zero-order valence-electron chi connectivity index (χ0n) is 6.91. The van der Waals surface area contributed by atoms with Crippen LogP contribution in [0.5, 0.6) is 0 Å². The average Bonchev–Trinajstić information content (AvgIpc) is 2.20. The van der Waals surface area contributed by atoms with Gasteiger partial charge in [0.05, 0.1) is 6.54 Å². The van der Waals surface area contributed by atoms with Crippen LogP contribution >= 0.6 is 0 Å². The van der Waals surface area contributed by atoms with Crippen molar-refractivity contribution in [1.82, 2.24) is 4.98 Å². The van der Waals surface area contributed by atoms with Gasteiger partial charge in [-0.15, -0.1) is 0 Å². The summed E-state index contributed by atoms with van der Waals surface area (Å²) in [5.41, 5.74) is 2.01. The van der Waals surface area contributed by atoms with E-state index >= 15 is 0 Å². The maximum atomic E-state index is 7.24. The first-order valence-corrected chi connectivity index (χ1v) is 3.90. The molecule has 62 valence electrons. The van der Waals surface area contributed by atoms with Gasteiger partial charge in [0.1, 0.15) is 11.4 Å². The number of nitrogens with one attached hydrogen (secondary N) is 1. The van der Waals surface area contributed by atoms with Crippen molar-refractivity contribution in [2.45, 2.75) is 0 Å².